The van der Waals surface area contributed by atoms with Crippen molar-refractivity contribution in [3.05, 3.63) is 84.1 Å². The van der Waals surface area contributed by atoms with Crippen LogP contribution in [-0.4, -0.2) is 17.6 Å². The summed E-state index contributed by atoms with van der Waals surface area (Å²) in [5, 5.41) is 3.79. The van der Waals surface area contributed by atoms with Gasteiger partial charge >= 0.3 is 6.09 Å². The number of carbonyl (C=O) groups is 1. The molecule has 0 fully saturated rings. The minimum Gasteiger partial charge on any atom is -0.445 e. The minimum atomic E-state index is -0.428. The Balaban J connectivity index is 1.50. The van der Waals surface area contributed by atoms with E-state index >= 15 is 0 Å². The number of ether oxygens (including phenoxy) is 1. The maximum atomic E-state index is 11.7. The summed E-state index contributed by atoms with van der Waals surface area (Å²) in [6.45, 7) is 0.676. The topological polar surface area (TPSA) is 51.2 Å². The van der Waals surface area contributed by atoms with Crippen LogP contribution in [0, 0.1) is 0 Å². The predicted molar refractivity (Wildman–Crippen MR) is 95.4 cm³/mol. The van der Waals surface area contributed by atoms with Crippen molar-refractivity contribution >= 4 is 23.1 Å². The zero-order chi connectivity index (χ0) is 16.6. The zero-order valence-electron chi connectivity index (χ0n) is 13.2. The van der Waals surface area contributed by atoms with Crippen LogP contribution in [0.3, 0.4) is 0 Å². The molecule has 0 saturated heterocycles. The molecule has 1 amide bonds. The van der Waals surface area contributed by atoms with Gasteiger partial charge in [-0.05, 0) is 23.3 Å². The van der Waals surface area contributed by atoms with Crippen molar-refractivity contribution in [2.75, 3.05) is 6.54 Å². The molecule has 0 aliphatic heterocycles. The number of alkyl carbamates (subject to hydrolysis) is 1. The smallest absolute Gasteiger partial charge is 0.407 e. The van der Waals surface area contributed by atoms with Crippen molar-refractivity contribution in [1.29, 1.82) is 0 Å². The summed E-state index contributed by atoms with van der Waals surface area (Å²) in [5.74, 6) is 0. The second kappa shape index (κ2) is 7.92. The number of carbonyl (C=O) groups excluding carboxylic acids is 1. The van der Waals surface area contributed by atoms with E-state index in [-0.39, 0.29) is 6.61 Å². The molecule has 0 unspecified atom stereocenters. The first-order chi connectivity index (χ1) is 11.8. The zero-order valence-corrected chi connectivity index (χ0v) is 13.2. The third-order valence-electron chi connectivity index (χ3n) is 3.55. The normalized spacial score (nSPS) is 10.8. The Hall–Kier alpha value is -3.14. The highest BCUT2D eigenvalue weighted by atomic mass is 16.5. The lowest BCUT2D eigenvalue weighted by Crippen LogP contribution is -2.24. The average molecular weight is 318 g/mol. The van der Waals surface area contributed by atoms with Gasteiger partial charge in [0.05, 0.1) is 5.52 Å². The van der Waals surface area contributed by atoms with Crippen molar-refractivity contribution in [3.63, 3.8) is 0 Å². The second-order valence-electron chi connectivity index (χ2n) is 5.26. The number of hydrogen-bond donors (Lipinski definition) is 1. The number of hydrogen-bond acceptors (Lipinski definition) is 3. The fraction of sp³-hybridized carbons (Fsp3) is 0.100. The first kappa shape index (κ1) is 15.7. The van der Waals surface area contributed by atoms with Crippen LogP contribution in [0.5, 0.6) is 0 Å². The summed E-state index contributed by atoms with van der Waals surface area (Å²) >= 11 is 0. The minimum absolute atomic E-state index is 0.269. The van der Waals surface area contributed by atoms with Crippen LogP contribution in [0.1, 0.15) is 11.1 Å². The van der Waals surface area contributed by atoms with E-state index in [2.05, 4.69) is 10.3 Å². The van der Waals surface area contributed by atoms with Crippen molar-refractivity contribution < 1.29 is 9.53 Å². The number of rotatable bonds is 5. The number of amides is 1. The molecule has 0 aliphatic carbocycles. The quantitative estimate of drug-likeness (QED) is 0.768. The fourth-order valence-electron chi connectivity index (χ4n) is 2.37. The van der Waals surface area contributed by atoms with Gasteiger partial charge in [0.2, 0.25) is 0 Å². The highest BCUT2D eigenvalue weighted by Gasteiger charge is 2.01. The van der Waals surface area contributed by atoms with Gasteiger partial charge in [0, 0.05) is 18.1 Å². The highest BCUT2D eigenvalue weighted by Crippen LogP contribution is 2.17. The van der Waals surface area contributed by atoms with Gasteiger partial charge < -0.3 is 10.1 Å². The molecule has 0 atom stereocenters. The van der Waals surface area contributed by atoms with Crippen LogP contribution < -0.4 is 5.32 Å². The summed E-state index contributed by atoms with van der Waals surface area (Å²) in [5.41, 5.74) is 2.99. The lowest BCUT2D eigenvalue weighted by atomic mass is 10.1. The van der Waals surface area contributed by atoms with Gasteiger partial charge in [0.25, 0.3) is 0 Å². The maximum Gasteiger partial charge on any atom is 0.407 e. The molecule has 0 spiro atoms. The van der Waals surface area contributed by atoms with E-state index in [1.54, 1.807) is 6.20 Å². The van der Waals surface area contributed by atoms with Gasteiger partial charge in [0.1, 0.15) is 6.61 Å². The Kier molecular flexibility index (Phi) is 5.20. The van der Waals surface area contributed by atoms with Gasteiger partial charge in [0.15, 0.2) is 0 Å². The van der Waals surface area contributed by atoms with Gasteiger partial charge in [-0.3, -0.25) is 4.98 Å². The molecule has 0 aliphatic rings. The Labute approximate surface area is 140 Å². The van der Waals surface area contributed by atoms with Crippen LogP contribution in [0.2, 0.25) is 0 Å². The lowest BCUT2D eigenvalue weighted by molar-refractivity contribution is 0.141. The molecular formula is C20H18N2O2. The van der Waals surface area contributed by atoms with Crippen LogP contribution in [0.4, 0.5) is 4.79 Å². The monoisotopic (exact) mass is 318 g/mol. The molecule has 4 heteroatoms. The van der Waals surface area contributed by atoms with Gasteiger partial charge in [-0.15, -0.1) is 0 Å². The fourth-order valence-corrected chi connectivity index (χ4v) is 2.37. The first-order valence-electron chi connectivity index (χ1n) is 7.78. The van der Waals surface area contributed by atoms with Crippen molar-refractivity contribution in [3.8, 4) is 0 Å². The van der Waals surface area contributed by atoms with Crippen LogP contribution >= 0.6 is 0 Å². The Morgan fingerprint density at radius 1 is 1.04 bits per heavy atom. The van der Waals surface area contributed by atoms with Crippen molar-refractivity contribution in [1.82, 2.24) is 10.3 Å². The van der Waals surface area contributed by atoms with Gasteiger partial charge in [-0.25, -0.2) is 4.79 Å². The molecular weight excluding hydrogens is 300 g/mol. The second-order valence-corrected chi connectivity index (χ2v) is 5.26. The Morgan fingerprint density at radius 2 is 1.92 bits per heavy atom. The molecule has 3 aromatic rings. The highest BCUT2D eigenvalue weighted by molar-refractivity contribution is 5.87. The van der Waals surface area contributed by atoms with Crippen LogP contribution in [0.15, 0.2) is 72.9 Å². The summed E-state index contributed by atoms with van der Waals surface area (Å²) < 4.78 is 5.16. The van der Waals surface area contributed by atoms with Gasteiger partial charge in [-0.2, -0.15) is 0 Å². The number of nitrogens with zero attached hydrogens (tertiary/aromatic N) is 1. The molecule has 1 heterocycles. The third-order valence-corrected chi connectivity index (χ3v) is 3.55. The molecule has 24 heavy (non-hydrogen) atoms. The molecule has 3 rings (SSSR count). The number of pyridine rings is 1. The lowest BCUT2D eigenvalue weighted by Gasteiger charge is -2.05. The number of benzene rings is 2. The van der Waals surface area contributed by atoms with Crippen molar-refractivity contribution in [2.45, 2.75) is 6.61 Å². The molecule has 4 nitrogen and oxygen atoms in total. The van der Waals surface area contributed by atoms with Gasteiger partial charge in [-0.1, -0.05) is 60.7 Å². The Morgan fingerprint density at radius 3 is 2.79 bits per heavy atom. The SMILES string of the molecule is O=C(NCC=Cc1cccc2ncccc12)OCc1ccccc1. The summed E-state index contributed by atoms with van der Waals surface area (Å²) in [6.07, 6.45) is 5.22. The average Bonchev–Trinajstić information content (AvgIpc) is 2.64. The summed E-state index contributed by atoms with van der Waals surface area (Å²) in [7, 11) is 0. The number of aromatic nitrogens is 1. The van der Waals surface area contributed by atoms with E-state index < -0.39 is 6.09 Å². The van der Waals surface area contributed by atoms with E-state index in [1.807, 2.05) is 72.8 Å². The molecule has 0 radical (unpaired) electrons. The van der Waals surface area contributed by atoms with Crippen LogP contribution in [-0.2, 0) is 11.3 Å². The standard InChI is InChI=1S/C20H18N2O2/c23-20(24-15-16-7-2-1-3-8-16)22-14-5-10-17-9-4-12-19-18(17)11-6-13-21-19/h1-13H,14-15H2,(H,22,23). The molecule has 2 aromatic carbocycles. The molecule has 0 saturated carbocycles. The molecule has 1 N–H and O–H groups in total. The Bertz CT molecular complexity index is 839. The molecule has 120 valence electrons. The third kappa shape index (κ3) is 4.20. The number of nitrogens with one attached hydrogen (secondary N) is 1. The van der Waals surface area contributed by atoms with E-state index in [0.29, 0.717) is 6.54 Å². The molecule has 0 bridgehead atoms. The van der Waals surface area contributed by atoms with E-state index in [1.165, 1.54) is 0 Å². The van der Waals surface area contributed by atoms with E-state index in [0.717, 1.165) is 22.0 Å². The predicted octanol–water partition coefficient (Wildman–Crippen LogP) is 4.17. The summed E-state index contributed by atoms with van der Waals surface area (Å²) in [6, 6.07) is 19.5. The largest absolute Gasteiger partial charge is 0.445 e. The van der Waals surface area contributed by atoms with Crippen molar-refractivity contribution in [2.24, 2.45) is 0 Å². The number of fused-ring (bicyclic) bond motifs is 1. The maximum absolute atomic E-state index is 11.7. The first-order valence-corrected chi connectivity index (χ1v) is 7.78. The molecule has 1 aromatic heterocycles. The van der Waals surface area contributed by atoms with E-state index in [4.69, 9.17) is 4.74 Å². The van der Waals surface area contributed by atoms with Crippen LogP contribution in [0.25, 0.3) is 17.0 Å². The summed E-state index contributed by atoms with van der Waals surface area (Å²) in [4.78, 5) is 16.0. The van der Waals surface area contributed by atoms with E-state index in [9.17, 15) is 4.79 Å².